The summed E-state index contributed by atoms with van der Waals surface area (Å²) in [5.74, 6) is -2.30. The number of nitrogens with one attached hydrogen (secondary N) is 2. The van der Waals surface area contributed by atoms with E-state index in [2.05, 4.69) is 15.6 Å². The van der Waals surface area contributed by atoms with Crippen molar-refractivity contribution in [2.24, 2.45) is 0 Å². The van der Waals surface area contributed by atoms with E-state index >= 15 is 0 Å². The van der Waals surface area contributed by atoms with E-state index in [9.17, 15) is 24.3 Å². The summed E-state index contributed by atoms with van der Waals surface area (Å²) in [6.45, 7) is 1.80. The van der Waals surface area contributed by atoms with Crippen LogP contribution < -0.4 is 10.6 Å². The number of carbonyl (C=O) groups is 4. The molecule has 206 valence electrons. The second-order valence-electron chi connectivity index (χ2n) is 9.87. The van der Waals surface area contributed by atoms with E-state index in [1.54, 1.807) is 48.7 Å². The van der Waals surface area contributed by atoms with Crippen molar-refractivity contribution in [3.05, 3.63) is 88.2 Å². The summed E-state index contributed by atoms with van der Waals surface area (Å²) in [6, 6.07) is 13.6. The smallest absolute Gasteiger partial charge is 0.337 e. The molecule has 3 amide bonds. The number of amides is 3. The standard InChI is InChI=1S/C29H28ClN5O5/c30-19-7-9-21-24(14-19)33-27(37)25(15-20-5-1-2-10-31-20)35(28(21)38)16-18-6-8-22(29(39)40)23(13-18)32-26(36)17-34-11-3-4-12-34/h1-2,5-10,13-14,25H,3-4,11-12,15-17H2,(H,32,36)(H,33,37)(H,39,40)/t25-/m1/s1. The molecular weight excluding hydrogens is 534 g/mol. The Labute approximate surface area is 235 Å². The van der Waals surface area contributed by atoms with Gasteiger partial charge in [-0.05, 0) is 74.0 Å². The highest BCUT2D eigenvalue weighted by Crippen LogP contribution is 2.29. The highest BCUT2D eigenvalue weighted by atomic mass is 35.5. The van der Waals surface area contributed by atoms with Gasteiger partial charge in [0.15, 0.2) is 0 Å². The molecule has 0 saturated carbocycles. The van der Waals surface area contributed by atoms with Gasteiger partial charge < -0.3 is 20.6 Å². The number of carboxylic acids is 1. The van der Waals surface area contributed by atoms with Gasteiger partial charge in [-0.1, -0.05) is 23.7 Å². The molecule has 3 N–H and O–H groups in total. The average Bonchev–Trinajstić information content (AvgIpc) is 3.41. The molecular formula is C29H28ClN5O5. The minimum atomic E-state index is -1.19. The van der Waals surface area contributed by atoms with Crippen molar-refractivity contribution in [1.82, 2.24) is 14.8 Å². The number of aromatic nitrogens is 1. The molecule has 1 fully saturated rings. The van der Waals surface area contributed by atoms with E-state index in [1.807, 2.05) is 4.90 Å². The second kappa shape index (κ2) is 11.8. The van der Waals surface area contributed by atoms with Crippen LogP contribution in [-0.4, -0.2) is 69.3 Å². The number of pyridine rings is 1. The topological polar surface area (TPSA) is 132 Å². The van der Waals surface area contributed by atoms with Crippen LogP contribution in [0.3, 0.4) is 0 Å². The van der Waals surface area contributed by atoms with Crippen molar-refractivity contribution >= 4 is 46.7 Å². The third-order valence-electron chi connectivity index (χ3n) is 7.05. The minimum absolute atomic E-state index is 0.0132. The van der Waals surface area contributed by atoms with Crippen LogP contribution in [-0.2, 0) is 22.6 Å². The quantitative estimate of drug-likeness (QED) is 0.382. The normalized spacial score (nSPS) is 17.2. The maximum Gasteiger partial charge on any atom is 0.337 e. The number of carbonyl (C=O) groups excluding carboxylic acids is 3. The lowest BCUT2D eigenvalue weighted by Gasteiger charge is -2.29. The fraction of sp³-hybridized carbons (Fsp3) is 0.276. The third-order valence-corrected chi connectivity index (χ3v) is 7.28. The summed E-state index contributed by atoms with van der Waals surface area (Å²) in [5, 5.41) is 15.7. The fourth-order valence-corrected chi connectivity index (χ4v) is 5.24. The first-order valence-electron chi connectivity index (χ1n) is 13.0. The van der Waals surface area contributed by atoms with Crippen molar-refractivity contribution in [2.45, 2.75) is 31.8 Å². The molecule has 3 heterocycles. The van der Waals surface area contributed by atoms with Gasteiger partial charge in [0.05, 0.1) is 29.0 Å². The molecule has 0 unspecified atom stereocenters. The first-order chi connectivity index (χ1) is 19.3. The Kier molecular flexibility index (Phi) is 8.09. The van der Waals surface area contributed by atoms with Crippen LogP contribution in [0.5, 0.6) is 0 Å². The molecule has 1 atom stereocenters. The maximum absolute atomic E-state index is 13.8. The molecule has 2 aromatic carbocycles. The van der Waals surface area contributed by atoms with Gasteiger partial charge in [0.1, 0.15) is 6.04 Å². The largest absolute Gasteiger partial charge is 0.478 e. The number of anilines is 2. The van der Waals surface area contributed by atoms with Gasteiger partial charge in [-0.2, -0.15) is 0 Å². The summed E-state index contributed by atoms with van der Waals surface area (Å²) >= 11 is 6.14. The molecule has 2 aliphatic heterocycles. The van der Waals surface area contributed by atoms with E-state index in [-0.39, 0.29) is 42.2 Å². The van der Waals surface area contributed by atoms with Gasteiger partial charge in [-0.15, -0.1) is 0 Å². The van der Waals surface area contributed by atoms with Crippen molar-refractivity contribution in [3.8, 4) is 0 Å². The molecule has 0 bridgehead atoms. The Balaban J connectivity index is 1.47. The molecule has 1 saturated heterocycles. The molecule has 2 aliphatic rings. The summed E-state index contributed by atoms with van der Waals surface area (Å²) in [5.41, 5.74) is 1.83. The zero-order valence-electron chi connectivity index (χ0n) is 21.6. The number of nitrogens with zero attached hydrogens (tertiary/aromatic N) is 3. The highest BCUT2D eigenvalue weighted by Gasteiger charge is 2.36. The second-order valence-corrected chi connectivity index (χ2v) is 10.3. The minimum Gasteiger partial charge on any atom is -0.478 e. The van der Waals surface area contributed by atoms with Gasteiger partial charge in [0, 0.05) is 29.9 Å². The van der Waals surface area contributed by atoms with Gasteiger partial charge >= 0.3 is 5.97 Å². The lowest BCUT2D eigenvalue weighted by Crippen LogP contribution is -2.46. The number of benzene rings is 2. The summed E-state index contributed by atoms with van der Waals surface area (Å²) < 4.78 is 0. The zero-order chi connectivity index (χ0) is 28.2. The molecule has 3 aromatic rings. The molecule has 0 spiro atoms. The van der Waals surface area contributed by atoms with E-state index in [4.69, 9.17) is 11.6 Å². The van der Waals surface area contributed by atoms with Crippen molar-refractivity contribution in [3.63, 3.8) is 0 Å². The van der Waals surface area contributed by atoms with Gasteiger partial charge in [-0.25, -0.2) is 4.79 Å². The third kappa shape index (κ3) is 6.13. The molecule has 0 radical (unpaired) electrons. The SMILES string of the molecule is O=C(CN1CCCC1)Nc1cc(CN2C(=O)c3ccc(Cl)cc3NC(=O)[C@H]2Cc2ccccn2)ccc1C(=O)O. The molecule has 40 heavy (non-hydrogen) atoms. The number of likely N-dealkylation sites (tertiary alicyclic amines) is 1. The number of fused-ring (bicyclic) bond motifs is 1. The van der Waals surface area contributed by atoms with Crippen molar-refractivity contribution in [1.29, 1.82) is 0 Å². The lowest BCUT2D eigenvalue weighted by molar-refractivity contribution is -0.120. The van der Waals surface area contributed by atoms with E-state index in [0.717, 1.165) is 25.9 Å². The van der Waals surface area contributed by atoms with Gasteiger partial charge in [0.25, 0.3) is 5.91 Å². The van der Waals surface area contributed by atoms with Crippen LogP contribution in [0.4, 0.5) is 11.4 Å². The lowest BCUT2D eigenvalue weighted by atomic mass is 10.0. The van der Waals surface area contributed by atoms with E-state index in [0.29, 0.717) is 22.0 Å². The van der Waals surface area contributed by atoms with Gasteiger partial charge in [-0.3, -0.25) is 24.3 Å². The Hall–Kier alpha value is -4.28. The number of hydrogen-bond acceptors (Lipinski definition) is 6. The number of halogens is 1. The molecule has 11 heteroatoms. The zero-order valence-corrected chi connectivity index (χ0v) is 22.4. The first-order valence-corrected chi connectivity index (χ1v) is 13.4. The Morgan fingerprint density at radius 2 is 1.88 bits per heavy atom. The fourth-order valence-electron chi connectivity index (χ4n) is 5.07. The number of aromatic carboxylic acids is 1. The van der Waals surface area contributed by atoms with Crippen LogP contribution in [0.2, 0.25) is 5.02 Å². The highest BCUT2D eigenvalue weighted by molar-refractivity contribution is 6.31. The molecule has 5 rings (SSSR count). The van der Waals surface area contributed by atoms with Crippen LogP contribution >= 0.6 is 11.6 Å². The number of carboxylic acid groups (broad SMARTS) is 1. The number of rotatable bonds is 8. The Morgan fingerprint density at radius 1 is 1.07 bits per heavy atom. The summed E-state index contributed by atoms with van der Waals surface area (Å²) in [6.07, 6.45) is 3.82. The average molecular weight is 562 g/mol. The summed E-state index contributed by atoms with van der Waals surface area (Å²) in [4.78, 5) is 59.7. The Morgan fingerprint density at radius 3 is 2.60 bits per heavy atom. The predicted molar refractivity (Wildman–Crippen MR) is 149 cm³/mol. The van der Waals surface area contributed by atoms with Crippen LogP contribution in [0.1, 0.15) is 44.8 Å². The molecule has 10 nitrogen and oxygen atoms in total. The van der Waals surface area contributed by atoms with Crippen molar-refractivity contribution < 1.29 is 24.3 Å². The molecule has 1 aromatic heterocycles. The first kappa shape index (κ1) is 27.3. The van der Waals surface area contributed by atoms with Crippen LogP contribution in [0.25, 0.3) is 0 Å². The van der Waals surface area contributed by atoms with Gasteiger partial charge in [0.2, 0.25) is 11.8 Å². The van der Waals surface area contributed by atoms with Crippen LogP contribution in [0, 0.1) is 0 Å². The van der Waals surface area contributed by atoms with Crippen LogP contribution in [0.15, 0.2) is 60.8 Å². The van der Waals surface area contributed by atoms with E-state index in [1.165, 1.54) is 17.0 Å². The predicted octanol–water partition coefficient (Wildman–Crippen LogP) is 3.67. The van der Waals surface area contributed by atoms with E-state index < -0.39 is 23.8 Å². The maximum atomic E-state index is 13.8. The monoisotopic (exact) mass is 561 g/mol. The van der Waals surface area contributed by atoms with Crippen molar-refractivity contribution in [2.75, 3.05) is 30.3 Å². The summed E-state index contributed by atoms with van der Waals surface area (Å²) in [7, 11) is 0. The number of hydrogen-bond donors (Lipinski definition) is 3. The Bertz CT molecular complexity index is 1460. The molecule has 0 aliphatic carbocycles.